The van der Waals surface area contributed by atoms with Gasteiger partial charge in [-0.15, -0.1) is 0 Å². The molecule has 52 valence electrons. The zero-order chi connectivity index (χ0) is 7.56. The van der Waals surface area contributed by atoms with Gasteiger partial charge in [-0.2, -0.15) is 0 Å². The largest absolute Gasteiger partial charge is 0.399 e. The molecule has 10 heavy (non-hydrogen) atoms. The van der Waals surface area contributed by atoms with E-state index in [0.29, 0.717) is 5.69 Å². The highest BCUT2D eigenvalue weighted by molar-refractivity contribution is 5.77. The van der Waals surface area contributed by atoms with Gasteiger partial charge in [0.15, 0.2) is 0 Å². The van der Waals surface area contributed by atoms with Crippen molar-refractivity contribution in [2.75, 3.05) is 5.73 Å². The van der Waals surface area contributed by atoms with Crippen molar-refractivity contribution in [3.8, 4) is 0 Å². The first-order valence-corrected chi connectivity index (χ1v) is 2.79. The highest BCUT2D eigenvalue weighted by atomic mass is 19.1. The maximum Gasteiger partial charge on any atom is 0.133 e. The van der Waals surface area contributed by atoms with Gasteiger partial charge >= 0.3 is 0 Å². The van der Waals surface area contributed by atoms with Crippen LogP contribution >= 0.6 is 0 Å². The van der Waals surface area contributed by atoms with Gasteiger partial charge in [-0.1, -0.05) is 0 Å². The summed E-state index contributed by atoms with van der Waals surface area (Å²) >= 11 is 0. The van der Waals surface area contributed by atoms with Crippen LogP contribution in [0, 0.1) is 11.2 Å². The molecule has 0 aliphatic heterocycles. The number of benzene rings is 1. The molecule has 0 spiro atoms. The second kappa shape index (κ2) is 2.47. The lowest BCUT2D eigenvalue weighted by molar-refractivity contribution is 0.626. The summed E-state index contributed by atoms with van der Waals surface area (Å²) in [5, 5.41) is 6.75. The van der Waals surface area contributed by atoms with Crippen LogP contribution in [0.3, 0.4) is 0 Å². The highest BCUT2D eigenvalue weighted by Gasteiger charge is 1.96. The van der Waals surface area contributed by atoms with Gasteiger partial charge in [0.1, 0.15) is 5.82 Å². The van der Waals surface area contributed by atoms with Crippen molar-refractivity contribution in [1.29, 1.82) is 5.41 Å². The van der Waals surface area contributed by atoms with E-state index in [1.807, 2.05) is 0 Å². The van der Waals surface area contributed by atoms with Crippen molar-refractivity contribution in [2.45, 2.75) is 0 Å². The molecule has 3 N–H and O–H groups in total. The van der Waals surface area contributed by atoms with Crippen LogP contribution in [-0.2, 0) is 0 Å². The molecule has 0 radical (unpaired) electrons. The first-order chi connectivity index (χ1) is 4.74. The molecule has 0 saturated carbocycles. The zero-order valence-corrected chi connectivity index (χ0v) is 5.26. The van der Waals surface area contributed by atoms with Gasteiger partial charge in [0.25, 0.3) is 0 Å². The number of hydrogen-bond acceptors (Lipinski definition) is 2. The lowest BCUT2D eigenvalue weighted by Gasteiger charge is -1.95. The first-order valence-electron chi connectivity index (χ1n) is 2.79. The lowest BCUT2D eigenvalue weighted by Crippen LogP contribution is -1.90. The quantitative estimate of drug-likeness (QED) is 0.447. The Balaban J connectivity index is 3.19. The monoisotopic (exact) mass is 138 g/mol. The van der Waals surface area contributed by atoms with Crippen LogP contribution in [0.5, 0.6) is 0 Å². The van der Waals surface area contributed by atoms with Gasteiger partial charge in [0.2, 0.25) is 0 Å². The van der Waals surface area contributed by atoms with Gasteiger partial charge in [-0.05, 0) is 18.2 Å². The van der Waals surface area contributed by atoms with E-state index in [0.717, 1.165) is 6.21 Å². The highest BCUT2D eigenvalue weighted by Crippen LogP contribution is 2.08. The number of halogens is 1. The molecule has 0 fully saturated rings. The van der Waals surface area contributed by atoms with Crippen LogP contribution < -0.4 is 5.73 Å². The van der Waals surface area contributed by atoms with E-state index < -0.39 is 5.82 Å². The van der Waals surface area contributed by atoms with E-state index in [4.69, 9.17) is 11.1 Å². The normalized spacial score (nSPS) is 9.30. The van der Waals surface area contributed by atoms with Crippen LogP contribution in [0.2, 0.25) is 0 Å². The Morgan fingerprint density at radius 3 is 2.70 bits per heavy atom. The summed E-state index contributed by atoms with van der Waals surface area (Å²) in [6.45, 7) is 0. The van der Waals surface area contributed by atoms with Crippen LogP contribution in [-0.4, -0.2) is 6.21 Å². The van der Waals surface area contributed by atoms with Crippen molar-refractivity contribution in [3.05, 3.63) is 29.6 Å². The molecule has 0 unspecified atom stereocenters. The van der Waals surface area contributed by atoms with Crippen LogP contribution in [0.25, 0.3) is 0 Å². The second-order valence-corrected chi connectivity index (χ2v) is 1.93. The van der Waals surface area contributed by atoms with Gasteiger partial charge in [-0.25, -0.2) is 4.39 Å². The molecule has 0 amide bonds. The average molecular weight is 138 g/mol. The number of anilines is 1. The SMILES string of the molecule is N=Cc1ccc(N)cc1F. The number of hydrogen-bond donors (Lipinski definition) is 2. The fourth-order valence-electron chi connectivity index (χ4n) is 0.660. The van der Waals surface area contributed by atoms with Crippen LogP contribution in [0.4, 0.5) is 10.1 Å². The predicted octanol–water partition coefficient (Wildman–Crippen LogP) is 1.41. The first kappa shape index (κ1) is 6.74. The summed E-state index contributed by atoms with van der Waals surface area (Å²) in [4.78, 5) is 0. The van der Waals surface area contributed by atoms with Crippen molar-refractivity contribution >= 4 is 11.9 Å². The number of nitrogens with one attached hydrogen (secondary N) is 1. The Labute approximate surface area is 58.0 Å². The molecule has 0 atom stereocenters. The third-order valence-corrected chi connectivity index (χ3v) is 1.18. The third kappa shape index (κ3) is 1.13. The van der Waals surface area contributed by atoms with Crippen LogP contribution in [0.1, 0.15) is 5.56 Å². The fourth-order valence-corrected chi connectivity index (χ4v) is 0.660. The van der Waals surface area contributed by atoms with Crippen molar-refractivity contribution < 1.29 is 4.39 Å². The number of nitrogens with two attached hydrogens (primary N) is 1. The molecule has 1 aromatic carbocycles. The Morgan fingerprint density at radius 1 is 1.50 bits per heavy atom. The molecular formula is C7H7FN2. The number of nitrogen functional groups attached to an aromatic ring is 1. The fraction of sp³-hybridized carbons (Fsp3) is 0. The standard InChI is InChI=1S/C7H7FN2/c8-7-3-6(10)2-1-5(7)4-9/h1-4,9H,10H2. The molecule has 0 saturated heterocycles. The summed E-state index contributed by atoms with van der Waals surface area (Å²) in [5.74, 6) is -0.449. The Morgan fingerprint density at radius 2 is 2.20 bits per heavy atom. The summed E-state index contributed by atoms with van der Waals surface area (Å²) in [5.41, 5.74) is 5.90. The lowest BCUT2D eigenvalue weighted by atomic mass is 10.2. The summed E-state index contributed by atoms with van der Waals surface area (Å²) in [6, 6.07) is 4.22. The topological polar surface area (TPSA) is 49.9 Å². The van der Waals surface area contributed by atoms with Crippen LogP contribution in [0.15, 0.2) is 18.2 Å². The number of rotatable bonds is 1. The molecule has 0 aromatic heterocycles. The van der Waals surface area contributed by atoms with E-state index in [9.17, 15) is 4.39 Å². The molecule has 0 aliphatic carbocycles. The summed E-state index contributed by atoms with van der Waals surface area (Å²) in [6.07, 6.45) is 0.953. The molecule has 3 heteroatoms. The van der Waals surface area contributed by atoms with Gasteiger partial charge < -0.3 is 11.1 Å². The minimum absolute atomic E-state index is 0.259. The Kier molecular flexibility index (Phi) is 1.67. The maximum atomic E-state index is 12.6. The molecular weight excluding hydrogens is 131 g/mol. The van der Waals surface area contributed by atoms with Crippen molar-refractivity contribution in [2.24, 2.45) is 0 Å². The van der Waals surface area contributed by atoms with E-state index in [1.165, 1.54) is 12.1 Å². The Hall–Kier alpha value is -1.38. The Bertz CT molecular complexity index is 258. The van der Waals surface area contributed by atoms with Crippen molar-refractivity contribution in [3.63, 3.8) is 0 Å². The smallest absolute Gasteiger partial charge is 0.133 e. The molecule has 1 rings (SSSR count). The van der Waals surface area contributed by atoms with Gasteiger partial charge in [0.05, 0.1) is 0 Å². The maximum absolute atomic E-state index is 12.6. The molecule has 0 bridgehead atoms. The molecule has 1 aromatic rings. The van der Waals surface area contributed by atoms with Gasteiger partial charge in [0, 0.05) is 17.5 Å². The summed E-state index contributed by atoms with van der Waals surface area (Å²) in [7, 11) is 0. The van der Waals surface area contributed by atoms with E-state index in [2.05, 4.69) is 0 Å². The van der Waals surface area contributed by atoms with Gasteiger partial charge in [-0.3, -0.25) is 0 Å². The van der Waals surface area contributed by atoms with E-state index >= 15 is 0 Å². The van der Waals surface area contributed by atoms with Crippen molar-refractivity contribution in [1.82, 2.24) is 0 Å². The van der Waals surface area contributed by atoms with E-state index in [1.54, 1.807) is 6.07 Å². The third-order valence-electron chi connectivity index (χ3n) is 1.18. The molecule has 0 heterocycles. The zero-order valence-electron chi connectivity index (χ0n) is 5.26. The summed E-state index contributed by atoms with van der Waals surface area (Å²) < 4.78 is 12.6. The minimum atomic E-state index is -0.449. The molecule has 2 nitrogen and oxygen atoms in total. The molecule has 0 aliphatic rings. The predicted molar refractivity (Wildman–Crippen MR) is 38.7 cm³/mol. The van der Waals surface area contributed by atoms with E-state index in [-0.39, 0.29) is 5.56 Å². The minimum Gasteiger partial charge on any atom is -0.399 e. The second-order valence-electron chi connectivity index (χ2n) is 1.93. The average Bonchev–Trinajstić information content (AvgIpc) is 1.88.